The molecule has 0 aliphatic rings. The molecule has 0 heterocycles. The number of hydrogen-bond donors (Lipinski definition) is 1. The first-order chi connectivity index (χ1) is 3.72. The predicted octanol–water partition coefficient (Wildman–Crippen LogP) is 0.758. The third-order valence-corrected chi connectivity index (χ3v) is 1.13. The molecule has 0 spiro atoms. The van der Waals surface area contributed by atoms with Gasteiger partial charge in [0, 0.05) is 26.0 Å². The highest BCUT2D eigenvalue weighted by atomic mass is 15.1. The quantitative estimate of drug-likeness (QED) is 0.574. The summed E-state index contributed by atoms with van der Waals surface area (Å²) in [6.45, 7) is 2.08. The van der Waals surface area contributed by atoms with Crippen LogP contribution in [0.2, 0.25) is 0 Å². The van der Waals surface area contributed by atoms with E-state index in [0.717, 1.165) is 6.42 Å². The number of nitrogens with two attached hydrogens (primary N) is 1. The van der Waals surface area contributed by atoms with Crippen molar-refractivity contribution in [3.8, 4) is 0 Å². The highest BCUT2D eigenvalue weighted by molar-refractivity contribution is 4.94. The number of hydrogen-bond acceptors (Lipinski definition) is 2. The minimum absolute atomic E-state index is 1.00. The van der Waals surface area contributed by atoms with E-state index in [0.29, 0.717) is 0 Å². The minimum atomic E-state index is 1.00. The highest BCUT2D eigenvalue weighted by Crippen LogP contribution is 1.99. The molecule has 8 heavy (non-hydrogen) atoms. The zero-order chi connectivity index (χ0) is 6.57. The fourth-order valence-corrected chi connectivity index (χ4v) is 0.583. The van der Waals surface area contributed by atoms with Gasteiger partial charge in [-0.3, -0.25) is 0 Å². The Morgan fingerprint density at radius 2 is 2.12 bits per heavy atom. The molecule has 0 amide bonds. The third-order valence-electron chi connectivity index (χ3n) is 1.13. The van der Waals surface area contributed by atoms with Gasteiger partial charge in [0.15, 0.2) is 0 Å². The second-order valence-electron chi connectivity index (χ2n) is 1.91. The summed E-state index contributed by atoms with van der Waals surface area (Å²) in [5, 5.41) is 0. The Labute approximate surface area is 51.0 Å². The van der Waals surface area contributed by atoms with Crippen LogP contribution < -0.4 is 5.73 Å². The smallest absolute Gasteiger partial charge is 0.0282 e. The number of allylic oxidation sites excluding steroid dienone is 1. The lowest BCUT2D eigenvalue weighted by Gasteiger charge is -2.13. The van der Waals surface area contributed by atoms with E-state index in [1.54, 1.807) is 6.20 Å². The Balaban J connectivity index is 3.72. The predicted molar refractivity (Wildman–Crippen MR) is 36.2 cm³/mol. The summed E-state index contributed by atoms with van der Waals surface area (Å²) in [4.78, 5) is 2.01. The monoisotopic (exact) mass is 114 g/mol. The van der Waals surface area contributed by atoms with Gasteiger partial charge < -0.3 is 10.6 Å². The second kappa shape index (κ2) is 3.36. The summed E-state index contributed by atoms with van der Waals surface area (Å²) in [6, 6.07) is 0. The topological polar surface area (TPSA) is 29.3 Å². The Bertz CT molecular complexity index is 84.5. The second-order valence-corrected chi connectivity index (χ2v) is 1.91. The van der Waals surface area contributed by atoms with Crippen LogP contribution in [0.1, 0.15) is 13.3 Å². The van der Waals surface area contributed by atoms with Crippen molar-refractivity contribution in [2.45, 2.75) is 13.3 Å². The molecule has 0 bridgehead atoms. The van der Waals surface area contributed by atoms with Gasteiger partial charge in [-0.1, -0.05) is 6.92 Å². The van der Waals surface area contributed by atoms with E-state index in [1.807, 2.05) is 19.0 Å². The maximum absolute atomic E-state index is 5.28. The van der Waals surface area contributed by atoms with Crippen LogP contribution in [0.5, 0.6) is 0 Å². The van der Waals surface area contributed by atoms with E-state index in [2.05, 4.69) is 6.92 Å². The lowest BCUT2D eigenvalue weighted by molar-refractivity contribution is 0.492. The minimum Gasteiger partial charge on any atom is -0.403 e. The van der Waals surface area contributed by atoms with E-state index in [4.69, 9.17) is 5.73 Å². The van der Waals surface area contributed by atoms with Crippen LogP contribution >= 0.6 is 0 Å². The van der Waals surface area contributed by atoms with Gasteiger partial charge in [0.05, 0.1) is 0 Å². The molecule has 2 nitrogen and oxygen atoms in total. The van der Waals surface area contributed by atoms with Crippen molar-refractivity contribution < 1.29 is 0 Å². The van der Waals surface area contributed by atoms with Crippen molar-refractivity contribution in [3.63, 3.8) is 0 Å². The fourth-order valence-electron chi connectivity index (χ4n) is 0.583. The Hall–Kier alpha value is -0.660. The maximum Gasteiger partial charge on any atom is 0.0282 e. The molecule has 0 fully saturated rings. The van der Waals surface area contributed by atoms with Crippen LogP contribution in [-0.2, 0) is 0 Å². The third kappa shape index (κ3) is 1.87. The summed E-state index contributed by atoms with van der Waals surface area (Å²) >= 11 is 0. The van der Waals surface area contributed by atoms with Crippen molar-refractivity contribution >= 4 is 0 Å². The van der Waals surface area contributed by atoms with Gasteiger partial charge in [-0.25, -0.2) is 0 Å². The molecule has 0 aromatic carbocycles. The summed E-state index contributed by atoms with van der Waals surface area (Å²) < 4.78 is 0. The van der Waals surface area contributed by atoms with E-state index in [9.17, 15) is 0 Å². The van der Waals surface area contributed by atoms with Crippen LogP contribution in [0.3, 0.4) is 0 Å². The van der Waals surface area contributed by atoms with Crippen molar-refractivity contribution in [1.29, 1.82) is 0 Å². The lowest BCUT2D eigenvalue weighted by Crippen LogP contribution is -2.11. The van der Waals surface area contributed by atoms with Gasteiger partial charge >= 0.3 is 0 Å². The zero-order valence-corrected chi connectivity index (χ0v) is 5.81. The molecule has 48 valence electrons. The molecular weight excluding hydrogens is 100 g/mol. The first-order valence-corrected chi connectivity index (χ1v) is 2.80. The zero-order valence-electron chi connectivity index (χ0n) is 5.81. The average Bonchev–Trinajstić information content (AvgIpc) is 1.69. The van der Waals surface area contributed by atoms with Crippen LogP contribution in [-0.4, -0.2) is 19.0 Å². The molecule has 0 rings (SSSR count). The summed E-state index contributed by atoms with van der Waals surface area (Å²) in [7, 11) is 3.98. The van der Waals surface area contributed by atoms with Crippen LogP contribution in [0.15, 0.2) is 11.9 Å². The lowest BCUT2D eigenvalue weighted by atomic mass is 10.3. The normalized spacial score (nSPS) is 11.6. The molecule has 0 aromatic heterocycles. The van der Waals surface area contributed by atoms with Gasteiger partial charge in [0.25, 0.3) is 0 Å². The molecular formula is C6H14N2. The van der Waals surface area contributed by atoms with E-state index >= 15 is 0 Å². The van der Waals surface area contributed by atoms with E-state index in [1.165, 1.54) is 5.70 Å². The van der Waals surface area contributed by atoms with Gasteiger partial charge in [-0.15, -0.1) is 0 Å². The Morgan fingerprint density at radius 3 is 2.12 bits per heavy atom. The molecule has 2 N–H and O–H groups in total. The van der Waals surface area contributed by atoms with Gasteiger partial charge in [0.2, 0.25) is 0 Å². The molecule has 0 aliphatic carbocycles. The number of rotatable bonds is 2. The largest absolute Gasteiger partial charge is 0.403 e. The van der Waals surface area contributed by atoms with Crippen LogP contribution in [0.25, 0.3) is 0 Å². The van der Waals surface area contributed by atoms with E-state index in [-0.39, 0.29) is 0 Å². The molecule has 0 radical (unpaired) electrons. The highest BCUT2D eigenvalue weighted by Gasteiger charge is 1.90. The molecule has 0 saturated carbocycles. The molecule has 0 saturated heterocycles. The van der Waals surface area contributed by atoms with Crippen molar-refractivity contribution in [2.75, 3.05) is 14.1 Å². The summed E-state index contributed by atoms with van der Waals surface area (Å²) in [5.41, 5.74) is 6.45. The van der Waals surface area contributed by atoms with Crippen molar-refractivity contribution in [1.82, 2.24) is 4.90 Å². The standard InChI is InChI=1S/C6H14N2/c1-4-6(5-7)8(2)3/h5H,4,7H2,1-3H3/b6-5+. The van der Waals surface area contributed by atoms with Gasteiger partial charge in [0.1, 0.15) is 0 Å². The van der Waals surface area contributed by atoms with Crippen molar-refractivity contribution in [3.05, 3.63) is 11.9 Å². The number of nitrogens with zero attached hydrogens (tertiary/aromatic N) is 1. The Kier molecular flexibility index (Phi) is 3.08. The maximum atomic E-state index is 5.28. The molecule has 0 atom stereocenters. The fraction of sp³-hybridized carbons (Fsp3) is 0.667. The molecule has 0 unspecified atom stereocenters. The molecule has 0 aromatic rings. The van der Waals surface area contributed by atoms with Crippen LogP contribution in [0.4, 0.5) is 0 Å². The van der Waals surface area contributed by atoms with Crippen molar-refractivity contribution in [2.24, 2.45) is 5.73 Å². The van der Waals surface area contributed by atoms with Gasteiger partial charge in [-0.05, 0) is 6.42 Å². The SMILES string of the molecule is CC/C(=C\N)N(C)C. The average molecular weight is 114 g/mol. The van der Waals surface area contributed by atoms with Gasteiger partial charge in [-0.2, -0.15) is 0 Å². The van der Waals surface area contributed by atoms with E-state index < -0.39 is 0 Å². The Morgan fingerprint density at radius 1 is 1.62 bits per heavy atom. The summed E-state index contributed by atoms with van der Waals surface area (Å²) in [5.74, 6) is 0. The van der Waals surface area contributed by atoms with Crippen LogP contribution in [0, 0.1) is 0 Å². The molecule has 0 aliphatic heterocycles. The first-order valence-electron chi connectivity index (χ1n) is 2.80. The summed E-state index contributed by atoms with van der Waals surface area (Å²) in [6.07, 6.45) is 2.64. The molecule has 2 heteroatoms. The first kappa shape index (κ1) is 7.34.